The smallest absolute Gasteiger partial charge is 0.418 e. The second-order valence-corrected chi connectivity index (χ2v) is 6.52. The quantitative estimate of drug-likeness (QED) is 0.384. The van der Waals surface area contributed by atoms with Crippen LogP contribution >= 0.6 is 0 Å². The van der Waals surface area contributed by atoms with Crippen LogP contribution in [0.3, 0.4) is 0 Å². The summed E-state index contributed by atoms with van der Waals surface area (Å²) in [6, 6.07) is 4.91. The highest BCUT2D eigenvalue weighted by Gasteiger charge is 2.38. The zero-order valence-electron chi connectivity index (χ0n) is 15.5. The maximum atomic E-state index is 13.2. The van der Waals surface area contributed by atoms with Crippen LogP contribution in [-0.2, 0) is 17.1 Å². The summed E-state index contributed by atoms with van der Waals surface area (Å²) in [5, 5.41) is 22.7. The summed E-state index contributed by atoms with van der Waals surface area (Å²) in [6.07, 6.45) is -9.62. The molecule has 0 spiro atoms. The summed E-state index contributed by atoms with van der Waals surface area (Å²) in [4.78, 5) is 21.9. The van der Waals surface area contributed by atoms with Gasteiger partial charge in [0.1, 0.15) is 12.4 Å². The Hall–Kier alpha value is -3.35. The number of nitro benzene ring substituents is 1. The molecule has 1 unspecified atom stereocenters. The highest BCUT2D eigenvalue weighted by Crippen LogP contribution is 2.37. The van der Waals surface area contributed by atoms with Gasteiger partial charge in [-0.1, -0.05) is 0 Å². The van der Waals surface area contributed by atoms with Gasteiger partial charge in [-0.3, -0.25) is 14.9 Å². The molecule has 31 heavy (non-hydrogen) atoms. The lowest BCUT2D eigenvalue weighted by molar-refractivity contribution is -0.385. The molecule has 0 bridgehead atoms. The SMILES string of the molecule is CC(O)(COc1ccc(C(F)(F)F)cc1)C(=O)Nc1ccc([N+](=O)[O-])cc1C(F)(F)F. The molecular formula is C18H14F6N2O5. The number of aliphatic hydroxyl groups is 1. The normalized spacial score (nSPS) is 13.9. The highest BCUT2D eigenvalue weighted by molar-refractivity contribution is 5.97. The van der Waals surface area contributed by atoms with Gasteiger partial charge >= 0.3 is 12.4 Å². The van der Waals surface area contributed by atoms with E-state index < -0.39 is 57.9 Å². The number of nitrogens with zero attached hydrogens (tertiary/aromatic N) is 1. The topological polar surface area (TPSA) is 102 Å². The molecule has 1 atom stereocenters. The van der Waals surface area contributed by atoms with E-state index in [-0.39, 0.29) is 11.8 Å². The van der Waals surface area contributed by atoms with Crippen LogP contribution in [0.15, 0.2) is 42.5 Å². The molecule has 2 N–H and O–H groups in total. The van der Waals surface area contributed by atoms with Gasteiger partial charge in [-0.15, -0.1) is 0 Å². The van der Waals surface area contributed by atoms with Crippen LogP contribution in [0.4, 0.5) is 37.7 Å². The minimum Gasteiger partial charge on any atom is -0.490 e. The number of nitrogens with one attached hydrogen (secondary N) is 1. The van der Waals surface area contributed by atoms with Gasteiger partial charge in [0, 0.05) is 12.1 Å². The van der Waals surface area contributed by atoms with E-state index >= 15 is 0 Å². The van der Waals surface area contributed by atoms with Crippen molar-refractivity contribution in [3.05, 3.63) is 63.7 Å². The zero-order chi connectivity index (χ0) is 23.6. The number of nitro groups is 1. The number of carbonyl (C=O) groups is 1. The van der Waals surface area contributed by atoms with Crippen LogP contribution < -0.4 is 10.1 Å². The summed E-state index contributed by atoms with van der Waals surface area (Å²) in [6.45, 7) is 0.101. The number of halogens is 6. The van der Waals surface area contributed by atoms with Gasteiger partial charge in [0.2, 0.25) is 0 Å². The predicted molar refractivity (Wildman–Crippen MR) is 94.3 cm³/mol. The van der Waals surface area contributed by atoms with E-state index in [1.54, 1.807) is 0 Å². The number of amides is 1. The Morgan fingerprint density at radius 3 is 2.13 bits per heavy atom. The van der Waals surface area contributed by atoms with Crippen molar-refractivity contribution in [3.8, 4) is 5.75 Å². The lowest BCUT2D eigenvalue weighted by Crippen LogP contribution is -2.45. The Balaban J connectivity index is 2.14. The number of rotatable bonds is 6. The lowest BCUT2D eigenvalue weighted by Gasteiger charge is -2.23. The Labute approximate surface area is 170 Å². The van der Waals surface area contributed by atoms with E-state index in [1.165, 1.54) is 0 Å². The van der Waals surface area contributed by atoms with Crippen molar-refractivity contribution < 1.29 is 45.9 Å². The number of ether oxygens (including phenoxy) is 1. The third kappa shape index (κ3) is 6.07. The molecule has 0 radical (unpaired) electrons. The van der Waals surface area contributed by atoms with Crippen LogP contribution in [-0.4, -0.2) is 28.1 Å². The number of anilines is 1. The van der Waals surface area contributed by atoms with Crippen LogP contribution in [0.2, 0.25) is 0 Å². The van der Waals surface area contributed by atoms with Crippen LogP contribution in [0.5, 0.6) is 5.75 Å². The highest BCUT2D eigenvalue weighted by atomic mass is 19.4. The first-order chi connectivity index (χ1) is 14.1. The van der Waals surface area contributed by atoms with Gasteiger partial charge in [0.25, 0.3) is 11.6 Å². The number of hydrogen-bond acceptors (Lipinski definition) is 5. The van der Waals surface area contributed by atoms with Gasteiger partial charge in [-0.05, 0) is 37.3 Å². The summed E-state index contributed by atoms with van der Waals surface area (Å²) in [7, 11) is 0. The fraction of sp³-hybridized carbons (Fsp3) is 0.278. The number of non-ortho nitro benzene ring substituents is 1. The van der Waals surface area contributed by atoms with Crippen molar-refractivity contribution in [2.75, 3.05) is 11.9 Å². The van der Waals surface area contributed by atoms with Crippen molar-refractivity contribution in [2.45, 2.75) is 24.9 Å². The molecule has 0 heterocycles. The zero-order valence-corrected chi connectivity index (χ0v) is 15.5. The first-order valence-corrected chi connectivity index (χ1v) is 8.31. The molecule has 168 valence electrons. The van der Waals surface area contributed by atoms with Crippen molar-refractivity contribution in [3.63, 3.8) is 0 Å². The summed E-state index contributed by atoms with van der Waals surface area (Å²) < 4.78 is 82.2. The first-order valence-electron chi connectivity index (χ1n) is 8.31. The number of carbonyl (C=O) groups excluding carboxylic acids is 1. The molecule has 13 heteroatoms. The molecule has 2 aromatic carbocycles. The Kier molecular flexibility index (Phi) is 6.49. The molecule has 0 aromatic heterocycles. The molecule has 2 rings (SSSR count). The average Bonchev–Trinajstić information content (AvgIpc) is 2.65. The molecule has 2 aromatic rings. The molecule has 0 aliphatic heterocycles. The van der Waals surface area contributed by atoms with E-state index in [0.29, 0.717) is 18.2 Å². The Morgan fingerprint density at radius 2 is 1.65 bits per heavy atom. The molecule has 0 aliphatic carbocycles. The average molecular weight is 452 g/mol. The van der Waals surface area contributed by atoms with E-state index in [1.807, 2.05) is 5.32 Å². The Morgan fingerprint density at radius 1 is 1.06 bits per heavy atom. The fourth-order valence-electron chi connectivity index (χ4n) is 2.28. The molecule has 1 amide bonds. The van der Waals surface area contributed by atoms with E-state index in [0.717, 1.165) is 25.1 Å². The molecule has 0 saturated carbocycles. The minimum absolute atomic E-state index is 0.132. The lowest BCUT2D eigenvalue weighted by atomic mass is 10.1. The maximum Gasteiger partial charge on any atom is 0.418 e. The largest absolute Gasteiger partial charge is 0.490 e. The van der Waals surface area contributed by atoms with Crippen molar-refractivity contribution in [1.29, 1.82) is 0 Å². The molecular weight excluding hydrogens is 438 g/mol. The first kappa shape index (κ1) is 23.9. The van der Waals surface area contributed by atoms with E-state index in [4.69, 9.17) is 4.74 Å². The summed E-state index contributed by atoms with van der Waals surface area (Å²) in [5.41, 5.74) is -6.55. The van der Waals surface area contributed by atoms with Gasteiger partial charge < -0.3 is 15.2 Å². The van der Waals surface area contributed by atoms with Crippen molar-refractivity contribution in [2.24, 2.45) is 0 Å². The number of benzene rings is 2. The second-order valence-electron chi connectivity index (χ2n) is 6.52. The van der Waals surface area contributed by atoms with Gasteiger partial charge in [-0.2, -0.15) is 26.3 Å². The van der Waals surface area contributed by atoms with E-state index in [9.17, 15) is 46.4 Å². The van der Waals surface area contributed by atoms with Crippen LogP contribution in [0.1, 0.15) is 18.1 Å². The maximum absolute atomic E-state index is 13.2. The van der Waals surface area contributed by atoms with Gasteiger partial charge in [0.05, 0.1) is 21.7 Å². The standard InChI is InChI=1S/C18H14F6N2O5/c1-16(28,9-31-12-5-2-10(3-6-12)17(19,20)21)15(27)25-14-7-4-11(26(29)30)8-13(14)18(22,23)24/h2-8,28H,9H2,1H3,(H,25,27). The number of alkyl halides is 6. The molecule has 0 saturated heterocycles. The third-order valence-electron chi connectivity index (χ3n) is 3.96. The monoisotopic (exact) mass is 452 g/mol. The Bertz CT molecular complexity index is 971. The summed E-state index contributed by atoms with van der Waals surface area (Å²) in [5.74, 6) is -1.47. The predicted octanol–water partition coefficient (Wildman–Crippen LogP) is 4.40. The van der Waals surface area contributed by atoms with E-state index in [2.05, 4.69) is 0 Å². The minimum atomic E-state index is -5.04. The second kappa shape index (κ2) is 8.41. The van der Waals surface area contributed by atoms with Gasteiger partial charge in [-0.25, -0.2) is 0 Å². The molecule has 0 fully saturated rings. The molecule has 7 nitrogen and oxygen atoms in total. The third-order valence-corrected chi connectivity index (χ3v) is 3.96. The fourth-order valence-corrected chi connectivity index (χ4v) is 2.28. The van der Waals surface area contributed by atoms with Crippen molar-refractivity contribution >= 4 is 17.3 Å². The summed E-state index contributed by atoms with van der Waals surface area (Å²) >= 11 is 0. The number of hydrogen-bond donors (Lipinski definition) is 2. The van der Waals surface area contributed by atoms with Crippen molar-refractivity contribution in [1.82, 2.24) is 0 Å². The van der Waals surface area contributed by atoms with Crippen LogP contribution in [0.25, 0.3) is 0 Å². The van der Waals surface area contributed by atoms with Gasteiger partial charge in [0.15, 0.2) is 5.60 Å². The van der Waals surface area contributed by atoms with Crippen LogP contribution in [0, 0.1) is 10.1 Å². The molecule has 0 aliphatic rings.